The van der Waals surface area contributed by atoms with E-state index in [-0.39, 0.29) is 11.8 Å². The number of rotatable bonds is 5. The normalized spacial score (nSPS) is 17.8. The Morgan fingerprint density at radius 1 is 1.43 bits per heavy atom. The molecule has 5 heteroatoms. The van der Waals surface area contributed by atoms with Crippen molar-refractivity contribution in [3.05, 3.63) is 43.1 Å². The van der Waals surface area contributed by atoms with E-state index in [2.05, 4.69) is 22.6 Å². The van der Waals surface area contributed by atoms with Crippen molar-refractivity contribution < 1.29 is 9.21 Å². The lowest BCUT2D eigenvalue weighted by molar-refractivity contribution is -0.125. The highest BCUT2D eigenvalue weighted by molar-refractivity contribution is 5.78. The fourth-order valence-corrected chi connectivity index (χ4v) is 2.53. The van der Waals surface area contributed by atoms with Gasteiger partial charge in [0.05, 0.1) is 25.3 Å². The number of nitrogens with zero attached hydrogens (tertiary/aromatic N) is 2. The molecule has 2 aromatic rings. The van der Waals surface area contributed by atoms with Crippen LogP contribution in [0, 0.1) is 5.92 Å². The molecule has 0 aromatic carbocycles. The van der Waals surface area contributed by atoms with Gasteiger partial charge in [0, 0.05) is 29.8 Å². The van der Waals surface area contributed by atoms with Crippen LogP contribution in [0.4, 0.5) is 0 Å². The maximum Gasteiger partial charge on any atom is 0.223 e. The van der Waals surface area contributed by atoms with Crippen LogP contribution < -0.4 is 5.32 Å². The summed E-state index contributed by atoms with van der Waals surface area (Å²) >= 11 is 0. The molecule has 1 atom stereocenters. The molecule has 1 aliphatic rings. The molecule has 0 spiro atoms. The van der Waals surface area contributed by atoms with Gasteiger partial charge in [0.2, 0.25) is 5.91 Å². The van der Waals surface area contributed by atoms with Crippen molar-refractivity contribution in [2.45, 2.75) is 25.8 Å². The lowest BCUT2D eigenvalue weighted by Gasteiger charge is -2.17. The molecule has 0 bridgehead atoms. The van der Waals surface area contributed by atoms with E-state index < -0.39 is 0 Å². The summed E-state index contributed by atoms with van der Waals surface area (Å²) in [6.07, 6.45) is 14.2. The summed E-state index contributed by atoms with van der Waals surface area (Å²) in [5.74, 6) is 0.288. The molecular formula is C16H19N3O2. The van der Waals surface area contributed by atoms with Gasteiger partial charge in [-0.2, -0.15) is 5.10 Å². The predicted octanol–water partition coefficient (Wildman–Crippen LogP) is 2.62. The van der Waals surface area contributed by atoms with E-state index in [1.165, 1.54) is 0 Å². The Balaban J connectivity index is 1.47. The van der Waals surface area contributed by atoms with Gasteiger partial charge in [0.1, 0.15) is 0 Å². The predicted molar refractivity (Wildman–Crippen MR) is 79.4 cm³/mol. The van der Waals surface area contributed by atoms with Gasteiger partial charge in [-0.15, -0.1) is 0 Å². The van der Waals surface area contributed by atoms with Gasteiger partial charge in [-0.3, -0.25) is 9.48 Å². The first kappa shape index (κ1) is 13.7. The molecule has 21 heavy (non-hydrogen) atoms. The van der Waals surface area contributed by atoms with E-state index in [0.717, 1.165) is 30.4 Å². The highest BCUT2D eigenvalue weighted by atomic mass is 16.3. The first-order valence-corrected chi connectivity index (χ1v) is 7.30. The zero-order valence-corrected chi connectivity index (χ0v) is 11.9. The molecule has 5 nitrogen and oxygen atoms in total. The minimum atomic E-state index is 0.133. The summed E-state index contributed by atoms with van der Waals surface area (Å²) < 4.78 is 6.90. The third-order valence-electron chi connectivity index (χ3n) is 3.77. The molecule has 3 rings (SSSR count). The number of allylic oxidation sites excluding steroid dienone is 2. The molecule has 110 valence electrons. The molecule has 1 unspecified atom stereocenters. The number of hydrogen-bond donors (Lipinski definition) is 1. The number of amides is 1. The van der Waals surface area contributed by atoms with Crippen LogP contribution in [0.3, 0.4) is 0 Å². The summed E-state index contributed by atoms with van der Waals surface area (Å²) in [5.41, 5.74) is 2.03. The van der Waals surface area contributed by atoms with E-state index in [4.69, 9.17) is 4.42 Å². The summed E-state index contributed by atoms with van der Waals surface area (Å²) in [7, 11) is 0. The molecule has 2 aromatic heterocycles. The van der Waals surface area contributed by atoms with E-state index in [0.29, 0.717) is 13.1 Å². The Morgan fingerprint density at radius 2 is 2.38 bits per heavy atom. The summed E-state index contributed by atoms with van der Waals surface area (Å²) in [5, 5.41) is 7.29. The monoisotopic (exact) mass is 285 g/mol. The third-order valence-corrected chi connectivity index (χ3v) is 3.77. The number of carbonyl (C=O) groups excluding carboxylic acids is 1. The molecule has 0 fully saturated rings. The summed E-state index contributed by atoms with van der Waals surface area (Å²) in [6.45, 7) is 1.28. The number of carbonyl (C=O) groups is 1. The summed E-state index contributed by atoms with van der Waals surface area (Å²) in [4.78, 5) is 12.0. The average Bonchev–Trinajstić information content (AvgIpc) is 3.19. The second-order valence-corrected chi connectivity index (χ2v) is 5.28. The van der Waals surface area contributed by atoms with Gasteiger partial charge in [-0.25, -0.2) is 0 Å². The Hall–Kier alpha value is -2.30. The largest absolute Gasteiger partial charge is 0.472 e. The maximum absolute atomic E-state index is 12.0. The highest BCUT2D eigenvalue weighted by Crippen LogP contribution is 2.19. The van der Waals surface area contributed by atoms with Gasteiger partial charge in [-0.05, 0) is 25.3 Å². The van der Waals surface area contributed by atoms with Crippen LogP contribution in [0.1, 0.15) is 19.3 Å². The Labute approximate surface area is 123 Å². The maximum atomic E-state index is 12.0. The molecule has 2 heterocycles. The van der Waals surface area contributed by atoms with Crippen LogP contribution >= 0.6 is 0 Å². The highest BCUT2D eigenvalue weighted by Gasteiger charge is 2.17. The van der Waals surface area contributed by atoms with E-state index >= 15 is 0 Å². The minimum absolute atomic E-state index is 0.133. The van der Waals surface area contributed by atoms with Crippen LogP contribution in [0.5, 0.6) is 0 Å². The second kappa shape index (κ2) is 6.43. The molecule has 1 amide bonds. The number of hydrogen-bond acceptors (Lipinski definition) is 3. The lowest BCUT2D eigenvalue weighted by atomic mass is 9.94. The minimum Gasteiger partial charge on any atom is -0.472 e. The van der Waals surface area contributed by atoms with Crippen LogP contribution in [0.2, 0.25) is 0 Å². The smallest absolute Gasteiger partial charge is 0.223 e. The van der Waals surface area contributed by atoms with Gasteiger partial charge in [-0.1, -0.05) is 12.2 Å². The quantitative estimate of drug-likeness (QED) is 0.859. The van der Waals surface area contributed by atoms with Gasteiger partial charge < -0.3 is 9.73 Å². The van der Waals surface area contributed by atoms with Crippen molar-refractivity contribution >= 4 is 5.91 Å². The van der Waals surface area contributed by atoms with Crippen molar-refractivity contribution in [2.75, 3.05) is 6.54 Å². The fraction of sp³-hybridized carbons (Fsp3) is 0.375. The van der Waals surface area contributed by atoms with E-state index in [1.807, 2.05) is 16.9 Å². The Kier molecular flexibility index (Phi) is 4.19. The van der Waals surface area contributed by atoms with Crippen molar-refractivity contribution in [1.29, 1.82) is 0 Å². The van der Waals surface area contributed by atoms with E-state index in [9.17, 15) is 4.79 Å². The van der Waals surface area contributed by atoms with Crippen molar-refractivity contribution in [1.82, 2.24) is 15.1 Å². The first-order valence-electron chi connectivity index (χ1n) is 7.30. The molecule has 1 N–H and O–H groups in total. The van der Waals surface area contributed by atoms with Crippen molar-refractivity contribution in [3.8, 4) is 11.1 Å². The zero-order chi connectivity index (χ0) is 14.5. The SMILES string of the molecule is O=C(NCCn1cc(-c2ccoc2)cn1)C1CC=CCC1. The second-order valence-electron chi connectivity index (χ2n) is 5.28. The molecule has 0 radical (unpaired) electrons. The topological polar surface area (TPSA) is 60.1 Å². The molecule has 1 aliphatic carbocycles. The van der Waals surface area contributed by atoms with Crippen LogP contribution in [0.15, 0.2) is 47.6 Å². The van der Waals surface area contributed by atoms with Crippen molar-refractivity contribution in [3.63, 3.8) is 0 Å². The Morgan fingerprint density at radius 3 is 3.14 bits per heavy atom. The van der Waals surface area contributed by atoms with Crippen molar-refractivity contribution in [2.24, 2.45) is 5.92 Å². The van der Waals surface area contributed by atoms with Gasteiger partial charge in [0.15, 0.2) is 0 Å². The van der Waals surface area contributed by atoms with Crippen LogP contribution in [-0.4, -0.2) is 22.2 Å². The molecular weight excluding hydrogens is 266 g/mol. The van der Waals surface area contributed by atoms with Crippen LogP contribution in [0.25, 0.3) is 11.1 Å². The Bertz CT molecular complexity index is 613. The summed E-state index contributed by atoms with van der Waals surface area (Å²) in [6, 6.07) is 1.90. The molecule has 0 saturated heterocycles. The van der Waals surface area contributed by atoms with Gasteiger partial charge >= 0.3 is 0 Å². The molecule has 0 aliphatic heterocycles. The average molecular weight is 285 g/mol. The van der Waals surface area contributed by atoms with E-state index in [1.54, 1.807) is 18.7 Å². The molecule has 0 saturated carbocycles. The third kappa shape index (κ3) is 3.42. The van der Waals surface area contributed by atoms with Crippen LogP contribution in [-0.2, 0) is 11.3 Å². The number of nitrogens with one attached hydrogen (secondary N) is 1. The zero-order valence-electron chi connectivity index (χ0n) is 11.9. The number of aromatic nitrogens is 2. The standard InChI is InChI=1S/C16H19N3O2/c20-16(13-4-2-1-3-5-13)17-7-8-19-11-15(10-18-19)14-6-9-21-12-14/h1-2,6,9-13H,3-5,7-8H2,(H,17,20). The number of furan rings is 1. The fourth-order valence-electron chi connectivity index (χ4n) is 2.53. The first-order chi connectivity index (χ1) is 10.3. The lowest BCUT2D eigenvalue weighted by Crippen LogP contribution is -2.33. The van der Waals surface area contributed by atoms with Gasteiger partial charge in [0.25, 0.3) is 0 Å².